The lowest BCUT2D eigenvalue weighted by Crippen LogP contribution is -2.25. The molecule has 0 unspecified atom stereocenters. The topological polar surface area (TPSA) is 0 Å². The quantitative estimate of drug-likeness (QED) is 0.494. The molecule has 0 aromatic heterocycles. The summed E-state index contributed by atoms with van der Waals surface area (Å²) >= 11 is 0. The fourth-order valence-corrected chi connectivity index (χ4v) is 6.38. The molecule has 0 heterocycles. The molecule has 27 heavy (non-hydrogen) atoms. The van der Waals surface area contributed by atoms with Gasteiger partial charge in [-0.1, -0.05) is 51.7 Å². The Bertz CT molecular complexity index is 611. The lowest BCUT2D eigenvalue weighted by atomic mass is 9.68. The minimum atomic E-state index is 0. The summed E-state index contributed by atoms with van der Waals surface area (Å²) in [5.74, 6) is 4.81. The van der Waals surface area contributed by atoms with E-state index in [1.54, 1.807) is 0 Å². The average molecular weight is 377 g/mol. The summed E-state index contributed by atoms with van der Waals surface area (Å²) in [5.41, 5.74) is 2.27. The van der Waals surface area contributed by atoms with Crippen molar-refractivity contribution in [1.29, 1.82) is 0 Å². The Labute approximate surface area is 170 Å². The fraction of sp³-hybridized carbons (Fsp3) is 0.769. The second-order valence-electron chi connectivity index (χ2n) is 10.4. The monoisotopic (exact) mass is 376 g/mol. The van der Waals surface area contributed by atoms with Gasteiger partial charge in [0, 0.05) is 4.28 Å². The zero-order chi connectivity index (χ0) is 18.8. The molecule has 0 bridgehead atoms. The van der Waals surface area contributed by atoms with Crippen molar-refractivity contribution in [2.75, 3.05) is 0 Å². The Morgan fingerprint density at radius 3 is 1.70 bits per heavy atom. The minimum absolute atomic E-state index is 0. The highest BCUT2D eigenvalue weighted by molar-refractivity contribution is 5.30. The molecule has 4 rings (SSSR count). The number of benzene rings is 1. The molecule has 0 spiro atoms. The van der Waals surface area contributed by atoms with Gasteiger partial charge in [-0.3, -0.25) is 0 Å². The van der Waals surface area contributed by atoms with E-state index in [1.165, 1.54) is 82.6 Å². The Kier molecular flexibility index (Phi) is 6.25. The van der Waals surface area contributed by atoms with Gasteiger partial charge in [-0.05, 0) is 104 Å². The molecule has 1 aromatic carbocycles. The molecule has 1 heteroatoms. The Morgan fingerprint density at radius 2 is 1.15 bits per heavy atom. The highest BCUT2D eigenvalue weighted by atomic mass is 19.1. The highest BCUT2D eigenvalue weighted by Gasteiger charge is 2.31. The summed E-state index contributed by atoms with van der Waals surface area (Å²) in [5, 5.41) is 0. The van der Waals surface area contributed by atoms with Crippen LogP contribution in [-0.4, -0.2) is 0 Å². The van der Waals surface area contributed by atoms with E-state index in [1.807, 2.05) is 6.07 Å². The van der Waals surface area contributed by atoms with Gasteiger partial charge in [0.2, 0.25) is 0 Å². The van der Waals surface area contributed by atoms with Crippen molar-refractivity contribution in [3.8, 4) is 0 Å². The normalized spacial score (nSPS) is 37.9. The van der Waals surface area contributed by atoms with Crippen molar-refractivity contribution in [3.63, 3.8) is 0 Å². The summed E-state index contributed by atoms with van der Waals surface area (Å²) in [6.45, 7) is 4.76. The molecule has 3 saturated carbocycles. The summed E-state index contributed by atoms with van der Waals surface area (Å²) in [7, 11) is 0. The molecule has 0 saturated heterocycles. The van der Waals surface area contributed by atoms with Gasteiger partial charge in [0.1, 0.15) is 5.82 Å². The summed E-state index contributed by atoms with van der Waals surface area (Å²) in [4.78, 5) is 0. The van der Waals surface area contributed by atoms with Gasteiger partial charge in [0.25, 0.3) is 0 Å². The van der Waals surface area contributed by atoms with Crippen LogP contribution in [0, 0.1) is 29.5 Å². The zero-order valence-corrected chi connectivity index (χ0v) is 17.6. The van der Waals surface area contributed by atoms with Crippen LogP contribution in [0.25, 0.3) is 0 Å². The van der Waals surface area contributed by atoms with E-state index in [0.29, 0.717) is 11.8 Å². The molecule has 3 fully saturated rings. The lowest BCUT2D eigenvalue weighted by molar-refractivity contribution is 0.164. The Hall–Kier alpha value is -0.850. The molecule has 0 atom stereocenters. The number of halogens is 1. The predicted octanol–water partition coefficient (Wildman–Crippen LogP) is 8.96. The van der Waals surface area contributed by atoms with Gasteiger partial charge in [-0.2, -0.15) is 0 Å². The Morgan fingerprint density at radius 1 is 0.667 bits per heavy atom. The summed E-state index contributed by atoms with van der Waals surface area (Å²) < 4.78 is 15.0. The first-order valence-electron chi connectivity index (χ1n) is 11.9. The second kappa shape index (κ2) is 8.66. The van der Waals surface area contributed by atoms with Crippen LogP contribution < -0.4 is 0 Å². The van der Waals surface area contributed by atoms with Crippen LogP contribution in [0.4, 0.5) is 4.39 Å². The van der Waals surface area contributed by atoms with Crippen LogP contribution in [-0.2, 0) is 0 Å². The maximum Gasteiger partial charge on any atom is 0.126 e. The Balaban J connectivity index is 0.00000150. The van der Waals surface area contributed by atoms with E-state index in [-0.39, 0.29) is 10.1 Å². The van der Waals surface area contributed by atoms with Crippen molar-refractivity contribution >= 4 is 0 Å². The number of hydrogen-bond donors (Lipinski definition) is 0. The molecule has 0 radical (unpaired) electrons. The molecule has 0 aliphatic heterocycles. The molecule has 3 aliphatic rings. The van der Waals surface area contributed by atoms with Crippen LogP contribution in [0.2, 0.25) is 0 Å². The first-order chi connectivity index (χ1) is 13.1. The standard InChI is InChI=1S/C26H39F.3H2/c1-18-3-7-20(8-4-18)21-11-13-23(14-12-21)25-16-15-24(17-26(25)27)22-9-5-19(2)6-10-22;;;/h15-23H,3-14H2,1-2H3;3*1H. The first-order valence-corrected chi connectivity index (χ1v) is 11.9. The van der Waals surface area contributed by atoms with E-state index in [9.17, 15) is 4.39 Å². The lowest BCUT2D eigenvalue weighted by Gasteiger charge is -2.37. The third-order valence-electron chi connectivity index (χ3n) is 8.45. The van der Waals surface area contributed by atoms with Crippen LogP contribution in [0.15, 0.2) is 18.2 Å². The number of rotatable bonds is 3. The largest absolute Gasteiger partial charge is 0.207 e. The van der Waals surface area contributed by atoms with Gasteiger partial charge in [-0.15, -0.1) is 0 Å². The summed E-state index contributed by atoms with van der Waals surface area (Å²) in [6, 6.07) is 6.30. The molecule has 0 N–H and O–H groups in total. The van der Waals surface area contributed by atoms with Gasteiger partial charge < -0.3 is 0 Å². The van der Waals surface area contributed by atoms with E-state index >= 15 is 0 Å². The van der Waals surface area contributed by atoms with Crippen molar-refractivity contribution in [2.45, 2.75) is 103 Å². The molecule has 3 aliphatic carbocycles. The predicted molar refractivity (Wildman–Crippen MR) is 119 cm³/mol. The SMILES string of the molecule is CC1CCC(c2ccc(C3CCC(C4CCC(C)CC4)CC3)c(F)c2)CC1.[HH].[HH].[HH]. The molecular formula is C26H45F. The maximum absolute atomic E-state index is 15.0. The van der Waals surface area contributed by atoms with E-state index in [0.717, 1.165) is 29.2 Å². The van der Waals surface area contributed by atoms with Crippen LogP contribution in [0.3, 0.4) is 0 Å². The molecule has 0 nitrogen and oxygen atoms in total. The van der Waals surface area contributed by atoms with E-state index < -0.39 is 0 Å². The first kappa shape index (κ1) is 19.5. The maximum atomic E-state index is 15.0. The van der Waals surface area contributed by atoms with E-state index in [2.05, 4.69) is 26.0 Å². The average Bonchev–Trinajstić information content (AvgIpc) is 2.69. The zero-order valence-electron chi connectivity index (χ0n) is 17.6. The molecule has 0 amide bonds. The van der Waals surface area contributed by atoms with Gasteiger partial charge in [-0.25, -0.2) is 4.39 Å². The highest BCUT2D eigenvalue weighted by Crippen LogP contribution is 2.44. The molecule has 156 valence electrons. The van der Waals surface area contributed by atoms with Gasteiger partial charge in [0.05, 0.1) is 0 Å². The van der Waals surface area contributed by atoms with Crippen LogP contribution in [0.5, 0.6) is 0 Å². The fourth-order valence-electron chi connectivity index (χ4n) is 6.38. The number of hydrogen-bond acceptors (Lipinski definition) is 0. The van der Waals surface area contributed by atoms with Crippen molar-refractivity contribution < 1.29 is 8.67 Å². The third kappa shape index (κ3) is 4.60. The summed E-state index contributed by atoms with van der Waals surface area (Å²) in [6.07, 6.45) is 15.9. The van der Waals surface area contributed by atoms with Crippen LogP contribution in [0.1, 0.15) is 118 Å². The van der Waals surface area contributed by atoms with Gasteiger partial charge in [0.15, 0.2) is 0 Å². The van der Waals surface area contributed by atoms with Crippen molar-refractivity contribution in [1.82, 2.24) is 0 Å². The molecular weight excluding hydrogens is 331 g/mol. The minimum Gasteiger partial charge on any atom is -0.207 e. The van der Waals surface area contributed by atoms with Gasteiger partial charge >= 0.3 is 0 Å². The second-order valence-corrected chi connectivity index (χ2v) is 10.4. The van der Waals surface area contributed by atoms with E-state index in [4.69, 9.17) is 0 Å². The smallest absolute Gasteiger partial charge is 0.126 e. The van der Waals surface area contributed by atoms with Crippen LogP contribution >= 0.6 is 0 Å². The van der Waals surface area contributed by atoms with Crippen molar-refractivity contribution in [2.24, 2.45) is 23.7 Å². The molecule has 1 aromatic rings. The third-order valence-corrected chi connectivity index (χ3v) is 8.45. The van der Waals surface area contributed by atoms with Crippen molar-refractivity contribution in [3.05, 3.63) is 35.1 Å².